The Morgan fingerprint density at radius 2 is 1.90 bits per heavy atom. The van der Waals surface area contributed by atoms with Crippen molar-refractivity contribution in [3.63, 3.8) is 0 Å². The Kier molecular flexibility index (Phi) is 4.68. The minimum absolute atomic E-state index is 0.234. The minimum Gasteiger partial charge on any atom is -0.313 e. The molecule has 1 atom stereocenters. The lowest BCUT2D eigenvalue weighted by Crippen LogP contribution is -2.20. The molecule has 0 radical (unpaired) electrons. The lowest BCUT2D eigenvalue weighted by molar-refractivity contribution is 0.262. The molecule has 0 bridgehead atoms. The molecule has 0 saturated heterocycles. The summed E-state index contributed by atoms with van der Waals surface area (Å²) < 4.78 is 0. The summed E-state index contributed by atoms with van der Waals surface area (Å²) in [5, 5.41) is 8.69. The first-order valence-electron chi connectivity index (χ1n) is 6.44. The molecule has 5 heteroatoms. The van der Waals surface area contributed by atoms with Crippen molar-refractivity contribution in [1.82, 2.24) is 10.3 Å². The molecular weight excluding hydrogens is 252 g/mol. The molecule has 0 aliphatic carbocycles. The van der Waals surface area contributed by atoms with Crippen LogP contribution < -0.4 is 16.0 Å². The number of carbonyl (C=O) groups is 1. The molecule has 0 spiro atoms. The van der Waals surface area contributed by atoms with Crippen molar-refractivity contribution < 1.29 is 4.79 Å². The van der Waals surface area contributed by atoms with Crippen LogP contribution in [0.3, 0.4) is 0 Å². The van der Waals surface area contributed by atoms with E-state index in [1.807, 2.05) is 31.3 Å². The normalized spacial score (nSPS) is 11.7. The number of nitrogens with one attached hydrogen (secondary N) is 3. The van der Waals surface area contributed by atoms with Crippen molar-refractivity contribution in [3.05, 3.63) is 54.4 Å². The maximum absolute atomic E-state index is 11.9. The van der Waals surface area contributed by atoms with E-state index in [1.165, 1.54) is 0 Å². The summed E-state index contributed by atoms with van der Waals surface area (Å²) in [7, 11) is 1.90. The summed E-state index contributed by atoms with van der Waals surface area (Å²) in [6.07, 6.45) is 3.25. The molecule has 0 fully saturated rings. The molecule has 0 aliphatic heterocycles. The highest BCUT2D eigenvalue weighted by molar-refractivity contribution is 5.99. The fourth-order valence-electron chi connectivity index (χ4n) is 1.78. The Balaban J connectivity index is 2.01. The van der Waals surface area contributed by atoms with Crippen molar-refractivity contribution >= 4 is 17.4 Å². The lowest BCUT2D eigenvalue weighted by atomic mass is 10.1. The molecule has 0 aliphatic rings. The number of aromatic nitrogens is 1. The molecule has 20 heavy (non-hydrogen) atoms. The van der Waals surface area contributed by atoms with E-state index < -0.39 is 0 Å². The zero-order valence-electron chi connectivity index (χ0n) is 11.6. The van der Waals surface area contributed by atoms with Crippen LogP contribution in [0, 0.1) is 0 Å². The van der Waals surface area contributed by atoms with Crippen LogP contribution in [-0.2, 0) is 0 Å². The first-order valence-corrected chi connectivity index (χ1v) is 6.44. The van der Waals surface area contributed by atoms with Crippen molar-refractivity contribution in [2.24, 2.45) is 0 Å². The Hall–Kier alpha value is -2.40. The van der Waals surface area contributed by atoms with Gasteiger partial charge >= 0.3 is 6.03 Å². The SMILES string of the molecule is CNC(C)c1cccc(NC(=O)Nc2cccnc2)c1. The van der Waals surface area contributed by atoms with Gasteiger partial charge in [0.2, 0.25) is 0 Å². The van der Waals surface area contributed by atoms with Gasteiger partial charge in [-0.3, -0.25) is 4.98 Å². The minimum atomic E-state index is -0.285. The number of hydrogen-bond acceptors (Lipinski definition) is 3. The molecule has 104 valence electrons. The number of hydrogen-bond donors (Lipinski definition) is 3. The number of carbonyl (C=O) groups excluding carboxylic acids is 1. The number of rotatable bonds is 4. The molecule has 2 aromatic rings. The number of anilines is 2. The Morgan fingerprint density at radius 1 is 1.15 bits per heavy atom. The van der Waals surface area contributed by atoms with Crippen molar-refractivity contribution in [2.75, 3.05) is 17.7 Å². The standard InChI is InChI=1S/C15H18N4O/c1-11(16-2)12-5-3-6-13(9-12)18-15(20)19-14-7-4-8-17-10-14/h3-11,16H,1-2H3,(H2,18,19,20). The third-order valence-electron chi connectivity index (χ3n) is 3.00. The highest BCUT2D eigenvalue weighted by atomic mass is 16.2. The van der Waals surface area contributed by atoms with Crippen LogP contribution in [0.4, 0.5) is 16.2 Å². The van der Waals surface area contributed by atoms with Gasteiger partial charge in [-0.2, -0.15) is 0 Å². The maximum atomic E-state index is 11.9. The Labute approximate surface area is 118 Å². The topological polar surface area (TPSA) is 66.0 Å². The van der Waals surface area contributed by atoms with E-state index >= 15 is 0 Å². The smallest absolute Gasteiger partial charge is 0.313 e. The van der Waals surface area contributed by atoms with E-state index in [-0.39, 0.29) is 12.1 Å². The predicted molar refractivity (Wildman–Crippen MR) is 80.8 cm³/mol. The molecule has 3 N–H and O–H groups in total. The largest absolute Gasteiger partial charge is 0.323 e. The van der Waals surface area contributed by atoms with Crippen LogP contribution in [0.2, 0.25) is 0 Å². The van der Waals surface area contributed by atoms with Crippen molar-refractivity contribution in [1.29, 1.82) is 0 Å². The molecule has 1 aromatic carbocycles. The quantitative estimate of drug-likeness (QED) is 0.800. The second-order valence-corrected chi connectivity index (χ2v) is 4.46. The van der Waals surface area contributed by atoms with Crippen LogP contribution in [0.1, 0.15) is 18.5 Å². The summed E-state index contributed by atoms with van der Waals surface area (Å²) in [4.78, 5) is 15.8. The second kappa shape index (κ2) is 6.68. The fraction of sp³-hybridized carbons (Fsp3) is 0.200. The van der Waals surface area contributed by atoms with Gasteiger partial charge in [0, 0.05) is 17.9 Å². The van der Waals surface area contributed by atoms with Gasteiger partial charge in [-0.1, -0.05) is 12.1 Å². The summed E-state index contributed by atoms with van der Waals surface area (Å²) in [6, 6.07) is 11.2. The van der Waals surface area contributed by atoms with Crippen LogP contribution in [0.25, 0.3) is 0 Å². The first kappa shape index (κ1) is 14.0. The number of urea groups is 1. The van der Waals surface area contributed by atoms with Gasteiger partial charge in [0.15, 0.2) is 0 Å². The van der Waals surface area contributed by atoms with Gasteiger partial charge < -0.3 is 16.0 Å². The van der Waals surface area contributed by atoms with Gasteiger partial charge in [0.05, 0.1) is 11.9 Å². The molecule has 2 amide bonds. The first-order chi connectivity index (χ1) is 9.69. The molecular formula is C15H18N4O. The van der Waals surface area contributed by atoms with E-state index in [0.29, 0.717) is 5.69 Å². The van der Waals surface area contributed by atoms with Crippen LogP contribution in [-0.4, -0.2) is 18.1 Å². The summed E-state index contributed by atoms with van der Waals surface area (Å²) in [5.74, 6) is 0. The number of amides is 2. The second-order valence-electron chi connectivity index (χ2n) is 4.46. The third-order valence-corrected chi connectivity index (χ3v) is 3.00. The lowest BCUT2D eigenvalue weighted by Gasteiger charge is -2.13. The van der Waals surface area contributed by atoms with E-state index in [4.69, 9.17) is 0 Å². The number of pyridine rings is 1. The van der Waals surface area contributed by atoms with Crippen LogP contribution in [0.5, 0.6) is 0 Å². The van der Waals surface area contributed by atoms with Crippen LogP contribution in [0.15, 0.2) is 48.8 Å². The average molecular weight is 270 g/mol. The van der Waals surface area contributed by atoms with Gasteiger partial charge in [-0.15, -0.1) is 0 Å². The fourth-order valence-corrected chi connectivity index (χ4v) is 1.78. The number of nitrogens with zero attached hydrogens (tertiary/aromatic N) is 1. The summed E-state index contributed by atoms with van der Waals surface area (Å²) >= 11 is 0. The highest BCUT2D eigenvalue weighted by Gasteiger charge is 2.06. The van der Waals surface area contributed by atoms with E-state index in [9.17, 15) is 4.79 Å². The summed E-state index contributed by atoms with van der Waals surface area (Å²) in [6.45, 7) is 2.06. The molecule has 1 aromatic heterocycles. The van der Waals surface area contributed by atoms with E-state index in [0.717, 1.165) is 11.3 Å². The third kappa shape index (κ3) is 3.80. The van der Waals surface area contributed by atoms with Gasteiger partial charge in [-0.05, 0) is 43.8 Å². The zero-order chi connectivity index (χ0) is 14.4. The highest BCUT2D eigenvalue weighted by Crippen LogP contribution is 2.17. The van der Waals surface area contributed by atoms with E-state index in [1.54, 1.807) is 24.5 Å². The van der Waals surface area contributed by atoms with Gasteiger partial charge in [0.25, 0.3) is 0 Å². The Morgan fingerprint density at radius 3 is 2.60 bits per heavy atom. The van der Waals surface area contributed by atoms with Gasteiger partial charge in [0.1, 0.15) is 0 Å². The zero-order valence-corrected chi connectivity index (χ0v) is 11.6. The molecule has 2 rings (SSSR count). The molecule has 5 nitrogen and oxygen atoms in total. The number of benzene rings is 1. The molecule has 1 heterocycles. The monoisotopic (exact) mass is 270 g/mol. The van der Waals surface area contributed by atoms with Crippen molar-refractivity contribution in [3.8, 4) is 0 Å². The molecule has 1 unspecified atom stereocenters. The average Bonchev–Trinajstić information content (AvgIpc) is 2.47. The van der Waals surface area contributed by atoms with Crippen LogP contribution >= 0.6 is 0 Å². The predicted octanol–water partition coefficient (Wildman–Crippen LogP) is 3.01. The molecule has 0 saturated carbocycles. The Bertz CT molecular complexity index is 571. The van der Waals surface area contributed by atoms with Gasteiger partial charge in [-0.25, -0.2) is 4.79 Å². The van der Waals surface area contributed by atoms with Crippen molar-refractivity contribution in [2.45, 2.75) is 13.0 Å². The summed E-state index contributed by atoms with van der Waals surface area (Å²) in [5.41, 5.74) is 2.53. The maximum Gasteiger partial charge on any atom is 0.323 e. The van der Waals surface area contributed by atoms with E-state index in [2.05, 4.69) is 27.9 Å².